The third kappa shape index (κ3) is 2.13. The Morgan fingerprint density at radius 3 is 2.59 bits per heavy atom. The number of tetrazole rings is 1. The molecule has 8 nitrogen and oxygen atoms in total. The summed E-state index contributed by atoms with van der Waals surface area (Å²) in [6.45, 7) is 0. The lowest BCUT2D eigenvalue weighted by molar-refractivity contribution is 0.0178. The fourth-order valence-electron chi connectivity index (χ4n) is 3.42. The van der Waals surface area contributed by atoms with Crippen molar-refractivity contribution in [2.45, 2.75) is 42.3 Å². The summed E-state index contributed by atoms with van der Waals surface area (Å²) >= 11 is -1.10. The van der Waals surface area contributed by atoms with Gasteiger partial charge in [0.25, 0.3) is 11.4 Å². The normalized spacial score (nSPS) is 28.9. The second-order valence-electron chi connectivity index (χ2n) is 5.61. The molecule has 2 unspecified atom stereocenters. The van der Waals surface area contributed by atoms with Crippen molar-refractivity contribution in [2.24, 2.45) is 5.18 Å². The molecule has 2 saturated heterocycles. The van der Waals surface area contributed by atoms with E-state index in [2.05, 4.69) is 24.9 Å². The zero-order chi connectivity index (χ0) is 15.1. The number of piperidine rings is 1. The summed E-state index contributed by atoms with van der Waals surface area (Å²) in [5, 5.41) is 14.9. The first-order valence-corrected chi connectivity index (χ1v) is 8.28. The van der Waals surface area contributed by atoms with Crippen molar-refractivity contribution in [1.29, 1.82) is 0 Å². The minimum Gasteiger partial charge on any atom is -0.161 e. The Morgan fingerprint density at radius 1 is 1.18 bits per heavy atom. The van der Waals surface area contributed by atoms with Gasteiger partial charge in [0, 0.05) is 6.07 Å². The third-order valence-electron chi connectivity index (χ3n) is 4.40. The molecule has 22 heavy (non-hydrogen) atoms. The van der Waals surface area contributed by atoms with Crippen molar-refractivity contribution >= 4 is 17.0 Å². The average molecular weight is 319 g/mol. The number of aromatic nitrogens is 4. The van der Waals surface area contributed by atoms with E-state index in [1.807, 2.05) is 6.07 Å². The van der Waals surface area contributed by atoms with Crippen LogP contribution in [0.3, 0.4) is 0 Å². The van der Waals surface area contributed by atoms with Crippen LogP contribution in [-0.2, 0) is 11.4 Å². The number of hydrogen-bond donors (Lipinski definition) is 1. The average Bonchev–Trinajstić information content (AvgIpc) is 3.09. The van der Waals surface area contributed by atoms with Gasteiger partial charge in [-0.15, -0.1) is 15.1 Å². The Labute approximate surface area is 129 Å². The van der Waals surface area contributed by atoms with Crippen LogP contribution < -0.4 is 0 Å². The SMILES string of the molecule is O=Nc1ccccc1[S+](O)N1[C@@H]2CC(n3ncnn3)C[C@H]1C2. The van der Waals surface area contributed by atoms with Crippen molar-refractivity contribution in [3.63, 3.8) is 0 Å². The predicted molar refractivity (Wildman–Crippen MR) is 80.3 cm³/mol. The molecule has 1 aromatic heterocycles. The maximum atomic E-state index is 10.9. The molecule has 3 heterocycles. The minimum atomic E-state index is -1.10. The zero-order valence-electron chi connectivity index (χ0n) is 11.7. The highest BCUT2D eigenvalue weighted by Crippen LogP contribution is 2.46. The van der Waals surface area contributed by atoms with E-state index in [-0.39, 0.29) is 18.1 Å². The van der Waals surface area contributed by atoms with Crippen LogP contribution >= 0.6 is 0 Å². The summed E-state index contributed by atoms with van der Waals surface area (Å²) < 4.78 is 12.8. The summed E-state index contributed by atoms with van der Waals surface area (Å²) in [7, 11) is 0. The first kappa shape index (κ1) is 13.8. The Bertz CT molecular complexity index is 669. The quantitative estimate of drug-likeness (QED) is 0.683. The van der Waals surface area contributed by atoms with Gasteiger partial charge in [0.05, 0.1) is 18.1 Å². The molecule has 9 heteroatoms. The van der Waals surface area contributed by atoms with Gasteiger partial charge in [-0.2, -0.15) is 9.35 Å². The van der Waals surface area contributed by atoms with Crippen LogP contribution in [0.25, 0.3) is 0 Å². The van der Waals surface area contributed by atoms with Crippen molar-refractivity contribution in [1.82, 2.24) is 24.5 Å². The number of nitroso groups, excluding NO2 is 1. The van der Waals surface area contributed by atoms with Crippen LogP contribution in [0.1, 0.15) is 25.3 Å². The standard InChI is InChI=1S/C13H15N6O2S/c20-16-12-3-1-2-4-13(12)22(21)18-9-5-10(18)7-11(6-9)19-15-8-14-17-19/h1-4,8-11,21H,5-7H2/q+1/t9-,10+,11?,22?. The molecule has 1 N–H and O–H groups in total. The number of rotatable bonds is 4. The zero-order valence-corrected chi connectivity index (χ0v) is 12.5. The van der Waals surface area contributed by atoms with Gasteiger partial charge in [-0.3, -0.25) is 0 Å². The summed E-state index contributed by atoms with van der Waals surface area (Å²) in [6, 6.07) is 7.77. The van der Waals surface area contributed by atoms with Gasteiger partial charge >= 0.3 is 0 Å². The Balaban J connectivity index is 1.53. The number of fused-ring (bicyclic) bond motifs is 2. The monoisotopic (exact) mass is 319 g/mol. The fourth-order valence-corrected chi connectivity index (χ4v) is 5.05. The minimum absolute atomic E-state index is 0.235. The van der Waals surface area contributed by atoms with Crippen LogP contribution in [0, 0.1) is 4.91 Å². The molecular weight excluding hydrogens is 304 g/mol. The van der Waals surface area contributed by atoms with Crippen LogP contribution in [-0.4, -0.2) is 41.1 Å². The maximum Gasteiger partial charge on any atom is 0.281 e. The molecule has 3 aliphatic rings. The van der Waals surface area contributed by atoms with Crippen molar-refractivity contribution < 1.29 is 4.55 Å². The molecule has 1 aromatic carbocycles. The molecule has 0 spiro atoms. The highest BCUT2D eigenvalue weighted by atomic mass is 32.2. The van der Waals surface area contributed by atoms with E-state index in [1.165, 1.54) is 6.33 Å². The van der Waals surface area contributed by atoms with Gasteiger partial charge in [-0.05, 0) is 35.7 Å². The van der Waals surface area contributed by atoms with Crippen LogP contribution in [0.15, 0.2) is 40.7 Å². The van der Waals surface area contributed by atoms with Gasteiger partial charge in [-0.25, -0.2) is 0 Å². The van der Waals surface area contributed by atoms with E-state index < -0.39 is 11.4 Å². The van der Waals surface area contributed by atoms with E-state index >= 15 is 0 Å². The van der Waals surface area contributed by atoms with Gasteiger partial charge in [0.1, 0.15) is 0 Å². The van der Waals surface area contributed by atoms with Gasteiger partial charge in [0.2, 0.25) is 4.90 Å². The molecule has 1 aliphatic carbocycles. The van der Waals surface area contributed by atoms with Gasteiger partial charge in [-0.1, -0.05) is 16.4 Å². The van der Waals surface area contributed by atoms with Crippen LogP contribution in [0.2, 0.25) is 0 Å². The third-order valence-corrected chi connectivity index (χ3v) is 6.14. The van der Waals surface area contributed by atoms with E-state index in [0.717, 1.165) is 19.3 Å². The molecular formula is C13H15N6O2S+. The fraction of sp³-hybridized carbons (Fsp3) is 0.462. The molecule has 114 valence electrons. The van der Waals surface area contributed by atoms with Crippen molar-refractivity contribution in [3.05, 3.63) is 35.5 Å². The van der Waals surface area contributed by atoms with Crippen LogP contribution in [0.5, 0.6) is 0 Å². The number of nitrogens with zero attached hydrogens (tertiary/aromatic N) is 6. The molecule has 0 amide bonds. The number of hydrogen-bond acceptors (Lipinski definition) is 7. The van der Waals surface area contributed by atoms with Gasteiger partial charge < -0.3 is 0 Å². The van der Waals surface area contributed by atoms with Crippen molar-refractivity contribution in [3.8, 4) is 0 Å². The van der Waals surface area contributed by atoms with E-state index in [1.54, 1.807) is 23.0 Å². The lowest BCUT2D eigenvalue weighted by Gasteiger charge is -2.49. The summed E-state index contributed by atoms with van der Waals surface area (Å²) in [5.41, 5.74) is 0.313. The topological polar surface area (TPSA) is 96.5 Å². The Hall–Kier alpha value is -1.84. The van der Waals surface area contributed by atoms with Crippen LogP contribution in [0.4, 0.5) is 5.69 Å². The van der Waals surface area contributed by atoms with E-state index in [9.17, 15) is 9.46 Å². The lowest BCUT2D eigenvalue weighted by Crippen LogP contribution is -2.62. The lowest BCUT2D eigenvalue weighted by atomic mass is 9.79. The predicted octanol–water partition coefficient (Wildman–Crippen LogP) is 1.91. The van der Waals surface area contributed by atoms with Crippen molar-refractivity contribution in [2.75, 3.05) is 0 Å². The Morgan fingerprint density at radius 2 is 1.91 bits per heavy atom. The summed E-state index contributed by atoms with van der Waals surface area (Å²) in [5.74, 6) is 0. The first-order chi connectivity index (χ1) is 10.8. The molecule has 4 atom stereocenters. The summed E-state index contributed by atoms with van der Waals surface area (Å²) in [4.78, 5) is 13.2. The number of benzene rings is 1. The maximum absolute atomic E-state index is 10.9. The highest BCUT2D eigenvalue weighted by Gasteiger charge is 2.56. The Kier molecular flexibility index (Phi) is 3.40. The molecule has 0 radical (unpaired) electrons. The molecule has 2 bridgehead atoms. The largest absolute Gasteiger partial charge is 0.281 e. The second kappa shape index (κ2) is 5.41. The summed E-state index contributed by atoms with van der Waals surface area (Å²) in [6.07, 6.45) is 4.27. The molecule has 2 aromatic rings. The van der Waals surface area contributed by atoms with Gasteiger partial charge in [0.15, 0.2) is 12.0 Å². The highest BCUT2D eigenvalue weighted by molar-refractivity contribution is 7.89. The molecule has 2 aliphatic heterocycles. The molecule has 5 rings (SSSR count). The first-order valence-electron chi connectivity index (χ1n) is 7.14. The van der Waals surface area contributed by atoms with E-state index in [4.69, 9.17) is 0 Å². The second-order valence-corrected chi connectivity index (χ2v) is 7.00. The van der Waals surface area contributed by atoms with E-state index in [0.29, 0.717) is 10.6 Å². The molecule has 1 saturated carbocycles. The smallest absolute Gasteiger partial charge is 0.161 e. The molecule has 3 fully saturated rings.